The Kier molecular flexibility index (Phi) is 6.04. The monoisotopic (exact) mass is 452 g/mol. The topological polar surface area (TPSA) is 58.2 Å². The molecule has 0 bridgehead atoms. The van der Waals surface area contributed by atoms with Crippen LogP contribution in [-0.2, 0) is 12.8 Å². The Bertz CT molecular complexity index is 1090. The SMILES string of the molecule is Cc1ccc(NC(=O)c2c(NC(=O)c3cccs3)sc3c2CCC(C(C)(C)C)C3)cc1. The molecular weight excluding hydrogens is 424 g/mol. The van der Waals surface area contributed by atoms with Gasteiger partial charge in [-0.2, -0.15) is 0 Å². The number of rotatable bonds is 4. The van der Waals surface area contributed by atoms with E-state index in [1.165, 1.54) is 16.2 Å². The molecule has 4 rings (SSSR count). The Hall–Kier alpha value is -2.44. The minimum atomic E-state index is -0.162. The number of benzene rings is 1. The zero-order chi connectivity index (χ0) is 22.2. The third-order valence-corrected chi connectivity index (χ3v) is 8.04. The van der Waals surface area contributed by atoms with Crippen molar-refractivity contribution in [3.8, 4) is 0 Å². The first-order valence-corrected chi connectivity index (χ1v) is 12.3. The molecule has 4 nitrogen and oxygen atoms in total. The van der Waals surface area contributed by atoms with Crippen molar-refractivity contribution in [3.63, 3.8) is 0 Å². The third-order valence-electron chi connectivity index (χ3n) is 6.00. The summed E-state index contributed by atoms with van der Waals surface area (Å²) in [5.41, 5.74) is 3.83. The van der Waals surface area contributed by atoms with Crippen molar-refractivity contribution in [2.45, 2.75) is 47.0 Å². The molecule has 6 heteroatoms. The van der Waals surface area contributed by atoms with Gasteiger partial charge in [0.25, 0.3) is 11.8 Å². The van der Waals surface area contributed by atoms with E-state index in [1.807, 2.05) is 42.6 Å². The van der Waals surface area contributed by atoms with Crippen molar-refractivity contribution in [1.82, 2.24) is 0 Å². The molecule has 31 heavy (non-hydrogen) atoms. The minimum Gasteiger partial charge on any atom is -0.322 e. The molecule has 162 valence electrons. The van der Waals surface area contributed by atoms with Crippen LogP contribution in [0.3, 0.4) is 0 Å². The van der Waals surface area contributed by atoms with Crippen LogP contribution in [0.15, 0.2) is 41.8 Å². The molecule has 0 aliphatic heterocycles. The zero-order valence-corrected chi connectivity index (χ0v) is 20.0. The Balaban J connectivity index is 1.67. The molecule has 0 fully saturated rings. The fraction of sp³-hybridized carbons (Fsp3) is 0.360. The van der Waals surface area contributed by atoms with Crippen molar-refractivity contribution in [1.29, 1.82) is 0 Å². The van der Waals surface area contributed by atoms with Gasteiger partial charge in [0.1, 0.15) is 5.00 Å². The van der Waals surface area contributed by atoms with Gasteiger partial charge in [-0.15, -0.1) is 22.7 Å². The number of hydrogen-bond acceptors (Lipinski definition) is 4. The smallest absolute Gasteiger partial charge is 0.266 e. The van der Waals surface area contributed by atoms with Crippen LogP contribution in [0.5, 0.6) is 0 Å². The molecule has 1 aliphatic rings. The molecule has 1 aliphatic carbocycles. The molecule has 1 aromatic carbocycles. The fourth-order valence-corrected chi connectivity index (χ4v) is 6.00. The van der Waals surface area contributed by atoms with E-state index < -0.39 is 0 Å². The number of fused-ring (bicyclic) bond motifs is 1. The molecule has 1 atom stereocenters. The number of hydrogen-bond donors (Lipinski definition) is 2. The van der Waals surface area contributed by atoms with E-state index in [-0.39, 0.29) is 17.2 Å². The van der Waals surface area contributed by atoms with Gasteiger partial charge in [0.05, 0.1) is 10.4 Å². The number of amides is 2. The number of nitrogens with one attached hydrogen (secondary N) is 2. The van der Waals surface area contributed by atoms with Gasteiger partial charge in [-0.1, -0.05) is 44.5 Å². The van der Waals surface area contributed by atoms with Gasteiger partial charge in [0.2, 0.25) is 0 Å². The number of carbonyl (C=O) groups is 2. The summed E-state index contributed by atoms with van der Waals surface area (Å²) in [6.45, 7) is 8.85. The predicted molar refractivity (Wildman–Crippen MR) is 131 cm³/mol. The largest absolute Gasteiger partial charge is 0.322 e. The highest BCUT2D eigenvalue weighted by Crippen LogP contribution is 2.44. The van der Waals surface area contributed by atoms with E-state index in [0.29, 0.717) is 21.4 Å². The molecule has 1 unspecified atom stereocenters. The van der Waals surface area contributed by atoms with Gasteiger partial charge in [-0.3, -0.25) is 9.59 Å². The second-order valence-corrected chi connectivity index (χ2v) is 11.3. The lowest BCUT2D eigenvalue weighted by Gasteiger charge is -2.33. The molecular formula is C25H28N2O2S2. The Morgan fingerprint density at radius 3 is 2.42 bits per heavy atom. The van der Waals surface area contributed by atoms with Gasteiger partial charge in [0.15, 0.2) is 0 Å². The van der Waals surface area contributed by atoms with Crippen molar-refractivity contribution < 1.29 is 9.59 Å². The van der Waals surface area contributed by atoms with Gasteiger partial charge < -0.3 is 10.6 Å². The van der Waals surface area contributed by atoms with Crippen molar-refractivity contribution in [2.24, 2.45) is 11.3 Å². The summed E-state index contributed by atoms with van der Waals surface area (Å²) in [5, 5.41) is 8.60. The third kappa shape index (κ3) is 4.75. The second kappa shape index (κ2) is 8.60. The molecule has 2 heterocycles. The maximum absolute atomic E-state index is 13.3. The Morgan fingerprint density at radius 2 is 1.77 bits per heavy atom. The van der Waals surface area contributed by atoms with E-state index in [1.54, 1.807) is 17.4 Å². The molecule has 2 aromatic heterocycles. The Labute approximate surface area is 191 Å². The average molecular weight is 453 g/mol. The first-order valence-electron chi connectivity index (χ1n) is 10.6. The first kappa shape index (κ1) is 21.8. The maximum atomic E-state index is 13.3. The standard InChI is InChI=1S/C25H28N2O2S2/c1-15-7-10-17(11-8-15)26-23(29)21-18-12-9-16(25(2,3)4)14-20(18)31-24(21)27-22(28)19-6-5-13-30-19/h5-8,10-11,13,16H,9,12,14H2,1-4H3,(H,26,29)(H,27,28). The fourth-order valence-electron chi connectivity index (χ4n) is 4.06. The van der Waals surface area contributed by atoms with Crippen molar-refractivity contribution in [3.05, 3.63) is 68.2 Å². The van der Waals surface area contributed by atoms with E-state index in [2.05, 4.69) is 31.4 Å². The number of anilines is 2. The lowest BCUT2D eigenvalue weighted by atomic mass is 9.72. The van der Waals surface area contributed by atoms with Gasteiger partial charge in [0, 0.05) is 10.6 Å². The van der Waals surface area contributed by atoms with Gasteiger partial charge >= 0.3 is 0 Å². The van der Waals surface area contributed by atoms with Gasteiger partial charge in [-0.25, -0.2) is 0 Å². The highest BCUT2D eigenvalue weighted by molar-refractivity contribution is 7.17. The Morgan fingerprint density at radius 1 is 1.03 bits per heavy atom. The van der Waals surface area contributed by atoms with Crippen LogP contribution in [0.2, 0.25) is 0 Å². The highest BCUT2D eigenvalue weighted by atomic mass is 32.1. The van der Waals surface area contributed by atoms with Crippen molar-refractivity contribution >= 4 is 45.2 Å². The summed E-state index contributed by atoms with van der Waals surface area (Å²) in [4.78, 5) is 28.0. The summed E-state index contributed by atoms with van der Waals surface area (Å²) in [6.07, 6.45) is 2.86. The molecule has 0 saturated carbocycles. The molecule has 3 aromatic rings. The maximum Gasteiger partial charge on any atom is 0.266 e. The van der Waals surface area contributed by atoms with Crippen LogP contribution in [0.4, 0.5) is 10.7 Å². The van der Waals surface area contributed by atoms with Crippen LogP contribution in [0, 0.1) is 18.3 Å². The molecule has 2 amide bonds. The van der Waals surface area contributed by atoms with Crippen LogP contribution in [0.25, 0.3) is 0 Å². The van der Waals surface area contributed by atoms with Crippen LogP contribution >= 0.6 is 22.7 Å². The minimum absolute atomic E-state index is 0.156. The molecule has 0 saturated heterocycles. The van der Waals surface area contributed by atoms with Crippen LogP contribution in [-0.4, -0.2) is 11.8 Å². The molecule has 0 radical (unpaired) electrons. The summed E-state index contributed by atoms with van der Waals surface area (Å²) in [5.74, 6) is 0.245. The number of carbonyl (C=O) groups excluding carboxylic acids is 2. The average Bonchev–Trinajstić information content (AvgIpc) is 3.36. The normalized spacial score (nSPS) is 15.9. The second-order valence-electron chi connectivity index (χ2n) is 9.27. The lowest BCUT2D eigenvalue weighted by molar-refractivity contribution is 0.102. The van der Waals surface area contributed by atoms with E-state index in [0.717, 1.165) is 36.1 Å². The van der Waals surface area contributed by atoms with E-state index >= 15 is 0 Å². The molecule has 2 N–H and O–H groups in total. The van der Waals surface area contributed by atoms with Crippen LogP contribution < -0.4 is 10.6 Å². The summed E-state index contributed by atoms with van der Waals surface area (Å²) >= 11 is 2.96. The summed E-state index contributed by atoms with van der Waals surface area (Å²) < 4.78 is 0. The highest BCUT2D eigenvalue weighted by Gasteiger charge is 2.34. The van der Waals surface area contributed by atoms with Gasteiger partial charge in [-0.05, 0) is 66.7 Å². The summed E-state index contributed by atoms with van der Waals surface area (Å²) in [6, 6.07) is 11.4. The quantitative estimate of drug-likeness (QED) is 0.459. The van der Waals surface area contributed by atoms with Crippen LogP contribution in [0.1, 0.15) is 63.2 Å². The molecule has 0 spiro atoms. The zero-order valence-electron chi connectivity index (χ0n) is 18.4. The van der Waals surface area contributed by atoms with Crippen molar-refractivity contribution in [2.75, 3.05) is 10.6 Å². The van der Waals surface area contributed by atoms with E-state index in [4.69, 9.17) is 0 Å². The number of thiophene rings is 2. The first-order chi connectivity index (χ1) is 14.7. The predicted octanol–water partition coefficient (Wildman–Crippen LogP) is 6.77. The lowest BCUT2D eigenvalue weighted by Crippen LogP contribution is -2.27. The number of aryl methyl sites for hydroxylation is 1. The van der Waals surface area contributed by atoms with E-state index in [9.17, 15) is 9.59 Å². The summed E-state index contributed by atoms with van der Waals surface area (Å²) in [7, 11) is 0.